The second-order valence-electron chi connectivity index (χ2n) is 6.48. The Bertz CT molecular complexity index is 829. The van der Waals surface area contributed by atoms with E-state index in [1.807, 2.05) is 19.9 Å². The van der Waals surface area contributed by atoms with Gasteiger partial charge in [0.2, 0.25) is 5.43 Å². The molecule has 0 aliphatic heterocycles. The Balaban J connectivity index is 2.08. The number of amides is 2. The Kier molecular flexibility index (Phi) is 6.77. The molecule has 1 atom stereocenters. The molecule has 1 heterocycles. The number of aromatic amines is 1. The van der Waals surface area contributed by atoms with Crippen LogP contribution in [0.25, 0.3) is 10.9 Å². The molecule has 0 aliphatic rings. The van der Waals surface area contributed by atoms with Gasteiger partial charge >= 0.3 is 6.09 Å². The van der Waals surface area contributed by atoms with Gasteiger partial charge in [0.25, 0.3) is 5.91 Å². The van der Waals surface area contributed by atoms with Crippen molar-refractivity contribution < 1.29 is 14.3 Å². The second kappa shape index (κ2) is 9.03. The van der Waals surface area contributed by atoms with Crippen LogP contribution in [0.4, 0.5) is 4.79 Å². The first-order valence-electron chi connectivity index (χ1n) is 8.74. The third-order valence-electron chi connectivity index (χ3n) is 3.90. The highest BCUT2D eigenvalue weighted by Gasteiger charge is 2.18. The smallest absolute Gasteiger partial charge is 0.407 e. The monoisotopic (exact) mass is 359 g/mol. The van der Waals surface area contributed by atoms with E-state index in [9.17, 15) is 14.4 Å². The first kappa shape index (κ1) is 19.5. The predicted molar refractivity (Wildman–Crippen MR) is 100 cm³/mol. The normalized spacial score (nSPS) is 12.0. The van der Waals surface area contributed by atoms with E-state index in [1.54, 1.807) is 25.1 Å². The molecule has 1 aromatic heterocycles. The maximum absolute atomic E-state index is 12.5. The van der Waals surface area contributed by atoms with Crippen molar-refractivity contribution in [3.8, 4) is 0 Å². The predicted octanol–water partition coefficient (Wildman–Crippen LogP) is 2.42. The van der Waals surface area contributed by atoms with Crippen LogP contribution in [-0.4, -0.2) is 36.2 Å². The minimum Gasteiger partial charge on any atom is -0.450 e. The Morgan fingerprint density at radius 1 is 1.23 bits per heavy atom. The van der Waals surface area contributed by atoms with Crippen molar-refractivity contribution in [3.05, 3.63) is 46.2 Å². The average Bonchev–Trinajstić information content (AvgIpc) is 2.59. The molecule has 7 heteroatoms. The molecule has 0 bridgehead atoms. The summed E-state index contributed by atoms with van der Waals surface area (Å²) in [6.07, 6.45) is 1.57. The fourth-order valence-electron chi connectivity index (χ4n) is 2.75. The topological polar surface area (TPSA) is 100 Å². The molecule has 2 rings (SSSR count). The van der Waals surface area contributed by atoms with Gasteiger partial charge < -0.3 is 20.4 Å². The minimum absolute atomic E-state index is 0.0446. The zero-order chi connectivity index (χ0) is 19.1. The lowest BCUT2D eigenvalue weighted by Crippen LogP contribution is -2.45. The maximum atomic E-state index is 12.5. The highest BCUT2D eigenvalue weighted by atomic mass is 16.5. The first-order valence-corrected chi connectivity index (χ1v) is 8.74. The Morgan fingerprint density at radius 2 is 1.96 bits per heavy atom. The maximum Gasteiger partial charge on any atom is 0.407 e. The molecule has 26 heavy (non-hydrogen) atoms. The van der Waals surface area contributed by atoms with Gasteiger partial charge in [0, 0.05) is 29.7 Å². The van der Waals surface area contributed by atoms with Gasteiger partial charge in [0.1, 0.15) is 5.56 Å². The zero-order valence-corrected chi connectivity index (χ0v) is 15.3. The van der Waals surface area contributed by atoms with Crippen LogP contribution in [0.2, 0.25) is 0 Å². The number of hydrogen-bond donors (Lipinski definition) is 3. The van der Waals surface area contributed by atoms with Crippen molar-refractivity contribution in [1.82, 2.24) is 15.6 Å². The lowest BCUT2D eigenvalue weighted by atomic mass is 10.0. The van der Waals surface area contributed by atoms with Crippen molar-refractivity contribution in [3.63, 3.8) is 0 Å². The van der Waals surface area contributed by atoms with Gasteiger partial charge in [-0.05, 0) is 31.4 Å². The summed E-state index contributed by atoms with van der Waals surface area (Å²) >= 11 is 0. The molecule has 0 spiro atoms. The number of alkyl carbamates (subject to hydrolysis) is 1. The molecule has 0 saturated carbocycles. The molecule has 1 aromatic carbocycles. The number of aromatic nitrogens is 1. The lowest BCUT2D eigenvalue weighted by molar-refractivity contribution is 0.0943. The Hall–Kier alpha value is -2.83. The fourth-order valence-corrected chi connectivity index (χ4v) is 2.75. The number of carbonyl (C=O) groups excluding carboxylic acids is 2. The van der Waals surface area contributed by atoms with E-state index < -0.39 is 12.0 Å². The molecule has 2 aromatic rings. The van der Waals surface area contributed by atoms with Crippen LogP contribution in [0.5, 0.6) is 0 Å². The van der Waals surface area contributed by atoms with Crippen molar-refractivity contribution >= 4 is 22.9 Å². The van der Waals surface area contributed by atoms with Crippen molar-refractivity contribution in [2.75, 3.05) is 13.2 Å². The summed E-state index contributed by atoms with van der Waals surface area (Å²) in [7, 11) is 0. The van der Waals surface area contributed by atoms with Gasteiger partial charge in [-0.15, -0.1) is 0 Å². The number of para-hydroxylation sites is 1. The summed E-state index contributed by atoms with van der Waals surface area (Å²) in [6, 6.07) is 6.74. The van der Waals surface area contributed by atoms with Gasteiger partial charge in [-0.1, -0.05) is 26.0 Å². The molecule has 0 fully saturated rings. The number of pyridine rings is 1. The number of hydrogen-bond acceptors (Lipinski definition) is 4. The van der Waals surface area contributed by atoms with Gasteiger partial charge in [-0.3, -0.25) is 9.59 Å². The van der Waals surface area contributed by atoms with Crippen LogP contribution in [-0.2, 0) is 4.74 Å². The van der Waals surface area contributed by atoms with Crippen LogP contribution in [0.3, 0.4) is 0 Å². The van der Waals surface area contributed by atoms with E-state index in [1.165, 1.54) is 6.20 Å². The van der Waals surface area contributed by atoms with Crippen LogP contribution >= 0.6 is 0 Å². The van der Waals surface area contributed by atoms with Crippen LogP contribution in [0.1, 0.15) is 37.6 Å². The van der Waals surface area contributed by atoms with Gasteiger partial charge in [0.05, 0.1) is 6.61 Å². The van der Waals surface area contributed by atoms with Crippen molar-refractivity contribution in [2.24, 2.45) is 5.92 Å². The van der Waals surface area contributed by atoms with Gasteiger partial charge in [-0.2, -0.15) is 0 Å². The van der Waals surface area contributed by atoms with Crippen LogP contribution in [0.15, 0.2) is 35.3 Å². The average molecular weight is 359 g/mol. The molecule has 0 saturated heterocycles. The van der Waals surface area contributed by atoms with E-state index in [2.05, 4.69) is 15.6 Å². The largest absolute Gasteiger partial charge is 0.450 e. The van der Waals surface area contributed by atoms with E-state index >= 15 is 0 Å². The first-order chi connectivity index (χ1) is 12.4. The molecular formula is C19H25N3O4. The van der Waals surface area contributed by atoms with Gasteiger partial charge in [-0.25, -0.2) is 4.79 Å². The third kappa shape index (κ3) is 5.08. The molecular weight excluding hydrogens is 334 g/mol. The van der Waals surface area contributed by atoms with Crippen molar-refractivity contribution in [2.45, 2.75) is 33.2 Å². The molecule has 7 nitrogen and oxygen atoms in total. The van der Waals surface area contributed by atoms with Crippen LogP contribution < -0.4 is 16.1 Å². The van der Waals surface area contributed by atoms with Gasteiger partial charge in [0.15, 0.2) is 0 Å². The summed E-state index contributed by atoms with van der Waals surface area (Å²) in [5.74, 6) is -0.153. The van der Waals surface area contributed by atoms with Crippen LogP contribution in [0, 0.1) is 5.92 Å². The number of H-pyrrole nitrogens is 1. The number of fused-ring (bicyclic) bond motifs is 1. The summed E-state index contributed by atoms with van der Waals surface area (Å²) in [4.78, 5) is 39.5. The summed E-state index contributed by atoms with van der Waals surface area (Å²) in [5, 5.41) is 5.93. The quantitative estimate of drug-likeness (QED) is 0.707. The molecule has 2 amide bonds. The SMILES string of the molecule is CCOC(=O)NC(CNC(=O)c1c[nH]c2ccccc2c1=O)CC(C)C. The molecule has 1 unspecified atom stereocenters. The summed E-state index contributed by atoms with van der Waals surface area (Å²) in [6.45, 7) is 6.26. The van der Waals surface area contributed by atoms with E-state index in [-0.39, 0.29) is 30.2 Å². The Labute approximate surface area is 152 Å². The molecule has 3 N–H and O–H groups in total. The Morgan fingerprint density at radius 3 is 2.65 bits per heavy atom. The summed E-state index contributed by atoms with van der Waals surface area (Å²) in [5.41, 5.74) is 0.398. The number of rotatable bonds is 7. The standard InChI is InChI=1S/C19H25N3O4/c1-4-26-19(25)22-13(9-12(2)3)10-21-18(24)15-11-20-16-8-6-5-7-14(16)17(15)23/h5-8,11-13H,4,9-10H2,1-3H3,(H,20,23)(H,21,24)(H,22,25). The number of ether oxygens (including phenoxy) is 1. The molecule has 0 aliphatic carbocycles. The highest BCUT2D eigenvalue weighted by Crippen LogP contribution is 2.08. The number of benzene rings is 1. The zero-order valence-electron chi connectivity index (χ0n) is 15.3. The third-order valence-corrected chi connectivity index (χ3v) is 3.90. The molecule has 0 radical (unpaired) electrons. The fraction of sp³-hybridized carbons (Fsp3) is 0.421. The summed E-state index contributed by atoms with van der Waals surface area (Å²) < 4.78 is 4.89. The molecule has 140 valence electrons. The number of nitrogens with one attached hydrogen (secondary N) is 3. The number of carbonyl (C=O) groups is 2. The van der Waals surface area contributed by atoms with E-state index in [0.717, 1.165) is 0 Å². The lowest BCUT2D eigenvalue weighted by Gasteiger charge is -2.20. The van der Waals surface area contributed by atoms with E-state index in [0.29, 0.717) is 23.2 Å². The minimum atomic E-state index is -0.518. The highest BCUT2D eigenvalue weighted by molar-refractivity contribution is 5.97. The second-order valence-corrected chi connectivity index (χ2v) is 6.48. The van der Waals surface area contributed by atoms with E-state index in [4.69, 9.17) is 4.74 Å². The van der Waals surface area contributed by atoms with Crippen molar-refractivity contribution in [1.29, 1.82) is 0 Å².